The van der Waals surface area contributed by atoms with E-state index in [1.165, 1.54) is 0 Å². The number of benzene rings is 1. The summed E-state index contributed by atoms with van der Waals surface area (Å²) in [5, 5.41) is 9.51. The highest BCUT2D eigenvalue weighted by atomic mass is 16.3. The Morgan fingerprint density at radius 1 is 1.17 bits per heavy atom. The molecule has 128 valence electrons. The van der Waals surface area contributed by atoms with Crippen LogP contribution in [0.1, 0.15) is 22.8 Å². The molecule has 1 amide bonds. The van der Waals surface area contributed by atoms with Crippen molar-refractivity contribution in [2.45, 2.75) is 20.0 Å². The van der Waals surface area contributed by atoms with Crippen molar-refractivity contribution in [3.63, 3.8) is 0 Å². The van der Waals surface area contributed by atoms with E-state index in [2.05, 4.69) is 4.90 Å². The topological polar surface area (TPSA) is 48.7 Å². The number of aromatic nitrogens is 1. The van der Waals surface area contributed by atoms with Gasteiger partial charge in [-0.15, -0.1) is 0 Å². The molecule has 5 heteroatoms. The minimum atomic E-state index is -0.329. The van der Waals surface area contributed by atoms with Crippen molar-refractivity contribution in [1.82, 2.24) is 14.4 Å². The van der Waals surface area contributed by atoms with Gasteiger partial charge in [0.15, 0.2) is 0 Å². The average Bonchev–Trinajstić information content (AvgIpc) is 3.08. The molecule has 0 radical (unpaired) electrons. The molecule has 0 unspecified atom stereocenters. The lowest BCUT2D eigenvalue weighted by Gasteiger charge is -2.35. The Hall–Kier alpha value is -2.11. The van der Waals surface area contributed by atoms with Gasteiger partial charge in [-0.25, -0.2) is 0 Å². The Kier molecular flexibility index (Phi) is 5.02. The Morgan fingerprint density at radius 3 is 2.46 bits per heavy atom. The summed E-state index contributed by atoms with van der Waals surface area (Å²) in [4.78, 5) is 17.2. The summed E-state index contributed by atoms with van der Waals surface area (Å²) >= 11 is 0. The standard InChI is InChI=1S/C19H25N3O2/c1-15-5-6-18(21-7-3-4-8-21)17(13-15)19(24)22-11-9-20(10-12-22)14-16(2)23/h3-8,13,16,23H,9-12,14H2,1-2H3/t16-/m1/s1. The summed E-state index contributed by atoms with van der Waals surface area (Å²) < 4.78 is 1.98. The van der Waals surface area contributed by atoms with Crippen LogP contribution in [0.3, 0.4) is 0 Å². The fourth-order valence-electron chi connectivity index (χ4n) is 3.22. The van der Waals surface area contributed by atoms with Crippen molar-refractivity contribution in [3.05, 3.63) is 53.9 Å². The summed E-state index contributed by atoms with van der Waals surface area (Å²) in [5.41, 5.74) is 2.75. The van der Waals surface area contributed by atoms with Gasteiger partial charge in [-0.1, -0.05) is 11.6 Å². The fourth-order valence-corrected chi connectivity index (χ4v) is 3.22. The molecule has 1 aliphatic rings. The molecule has 0 saturated carbocycles. The smallest absolute Gasteiger partial charge is 0.256 e. The lowest BCUT2D eigenvalue weighted by molar-refractivity contribution is 0.0554. The zero-order valence-electron chi connectivity index (χ0n) is 14.4. The summed E-state index contributed by atoms with van der Waals surface area (Å²) in [6.07, 6.45) is 3.59. The molecular weight excluding hydrogens is 302 g/mol. The Labute approximate surface area is 143 Å². The van der Waals surface area contributed by atoms with Crippen LogP contribution in [0.25, 0.3) is 5.69 Å². The zero-order valence-corrected chi connectivity index (χ0v) is 14.4. The molecule has 2 aromatic rings. The molecule has 5 nitrogen and oxygen atoms in total. The molecule has 3 rings (SSSR count). The zero-order chi connectivity index (χ0) is 17.1. The predicted octanol–water partition coefficient (Wildman–Crippen LogP) is 1.92. The Balaban J connectivity index is 1.77. The van der Waals surface area contributed by atoms with Crippen molar-refractivity contribution in [1.29, 1.82) is 0 Å². The lowest BCUT2D eigenvalue weighted by atomic mass is 10.1. The van der Waals surface area contributed by atoms with E-state index in [4.69, 9.17) is 0 Å². The number of hydrogen-bond donors (Lipinski definition) is 1. The van der Waals surface area contributed by atoms with Crippen LogP contribution in [0.5, 0.6) is 0 Å². The number of β-amino-alcohol motifs (C(OH)–C–C–N with tert-alkyl or cyclic N) is 1. The maximum atomic E-state index is 13.0. The average molecular weight is 327 g/mol. The highest BCUT2D eigenvalue weighted by Crippen LogP contribution is 2.20. The van der Waals surface area contributed by atoms with Crippen LogP contribution in [0.15, 0.2) is 42.7 Å². The van der Waals surface area contributed by atoms with Crippen LogP contribution in [0, 0.1) is 6.92 Å². The largest absolute Gasteiger partial charge is 0.392 e. The van der Waals surface area contributed by atoms with Gasteiger partial charge >= 0.3 is 0 Å². The number of rotatable bonds is 4. The SMILES string of the molecule is Cc1ccc(-n2cccc2)c(C(=O)N2CCN(C[C@@H](C)O)CC2)c1. The normalized spacial score (nSPS) is 17.0. The molecule has 0 bridgehead atoms. The third-order valence-corrected chi connectivity index (χ3v) is 4.45. The number of nitrogens with zero attached hydrogens (tertiary/aromatic N) is 3. The van der Waals surface area contributed by atoms with Crippen LogP contribution in [0.4, 0.5) is 0 Å². The van der Waals surface area contributed by atoms with Gasteiger partial charge in [0.05, 0.1) is 17.4 Å². The second kappa shape index (κ2) is 7.20. The Bertz CT molecular complexity index is 687. The van der Waals surface area contributed by atoms with E-state index in [0.29, 0.717) is 19.6 Å². The van der Waals surface area contributed by atoms with Crippen LogP contribution in [-0.4, -0.2) is 64.2 Å². The quantitative estimate of drug-likeness (QED) is 0.933. The first-order chi connectivity index (χ1) is 11.5. The first-order valence-electron chi connectivity index (χ1n) is 8.48. The third kappa shape index (κ3) is 3.68. The molecule has 24 heavy (non-hydrogen) atoms. The van der Waals surface area contributed by atoms with Gasteiger partial charge in [0.25, 0.3) is 5.91 Å². The first-order valence-corrected chi connectivity index (χ1v) is 8.48. The summed E-state index contributed by atoms with van der Waals surface area (Å²) in [7, 11) is 0. The van der Waals surface area contributed by atoms with E-state index in [1.54, 1.807) is 6.92 Å². The van der Waals surface area contributed by atoms with Gasteiger partial charge in [0.2, 0.25) is 0 Å². The molecule has 1 aromatic heterocycles. The minimum Gasteiger partial charge on any atom is -0.392 e. The van der Waals surface area contributed by atoms with Gasteiger partial charge in [-0.2, -0.15) is 0 Å². The van der Waals surface area contributed by atoms with Gasteiger partial charge in [-0.3, -0.25) is 9.69 Å². The highest BCUT2D eigenvalue weighted by Gasteiger charge is 2.24. The van der Waals surface area contributed by atoms with Crippen LogP contribution >= 0.6 is 0 Å². The molecule has 0 aliphatic carbocycles. The van der Waals surface area contributed by atoms with E-state index in [-0.39, 0.29) is 12.0 Å². The summed E-state index contributed by atoms with van der Waals surface area (Å²) in [6, 6.07) is 9.94. The number of hydrogen-bond acceptors (Lipinski definition) is 3. The van der Waals surface area contributed by atoms with Crippen molar-refractivity contribution >= 4 is 5.91 Å². The number of carbonyl (C=O) groups excluding carboxylic acids is 1. The second-order valence-corrected chi connectivity index (χ2v) is 6.55. The molecule has 1 saturated heterocycles. The highest BCUT2D eigenvalue weighted by molar-refractivity contribution is 5.98. The number of aliphatic hydroxyl groups is 1. The van der Waals surface area contributed by atoms with Crippen LogP contribution < -0.4 is 0 Å². The number of piperazine rings is 1. The second-order valence-electron chi connectivity index (χ2n) is 6.55. The van der Waals surface area contributed by atoms with E-state index >= 15 is 0 Å². The maximum absolute atomic E-state index is 13.0. The van der Waals surface area contributed by atoms with Gasteiger partial charge in [0.1, 0.15) is 0 Å². The van der Waals surface area contributed by atoms with E-state index in [9.17, 15) is 9.90 Å². The van der Waals surface area contributed by atoms with Crippen LogP contribution in [0.2, 0.25) is 0 Å². The van der Waals surface area contributed by atoms with Gasteiger partial charge < -0.3 is 14.6 Å². The number of amides is 1. The van der Waals surface area contributed by atoms with Crippen molar-refractivity contribution in [2.75, 3.05) is 32.7 Å². The first kappa shape index (κ1) is 16.7. The van der Waals surface area contributed by atoms with E-state index < -0.39 is 0 Å². The molecular formula is C19H25N3O2. The monoisotopic (exact) mass is 327 g/mol. The van der Waals surface area contributed by atoms with E-state index in [0.717, 1.165) is 29.9 Å². The maximum Gasteiger partial charge on any atom is 0.256 e. The number of aryl methyl sites for hydroxylation is 1. The molecule has 2 heterocycles. The van der Waals surface area contributed by atoms with Crippen molar-refractivity contribution in [2.24, 2.45) is 0 Å². The third-order valence-electron chi connectivity index (χ3n) is 4.45. The van der Waals surface area contributed by atoms with Crippen LogP contribution in [-0.2, 0) is 0 Å². The predicted molar refractivity (Wildman–Crippen MR) is 94.5 cm³/mol. The van der Waals surface area contributed by atoms with Gasteiger partial charge in [-0.05, 0) is 38.1 Å². The molecule has 0 spiro atoms. The fraction of sp³-hybridized carbons (Fsp3) is 0.421. The van der Waals surface area contributed by atoms with Gasteiger partial charge in [0, 0.05) is 45.1 Å². The number of aliphatic hydroxyl groups excluding tert-OH is 1. The summed E-state index contributed by atoms with van der Waals surface area (Å²) in [5.74, 6) is 0.0825. The molecule has 1 aromatic carbocycles. The molecule has 1 atom stereocenters. The molecule has 1 N–H and O–H groups in total. The minimum absolute atomic E-state index is 0.0825. The molecule has 1 aliphatic heterocycles. The van der Waals surface area contributed by atoms with Crippen molar-refractivity contribution < 1.29 is 9.90 Å². The number of carbonyl (C=O) groups is 1. The lowest BCUT2D eigenvalue weighted by Crippen LogP contribution is -2.50. The molecule has 1 fully saturated rings. The van der Waals surface area contributed by atoms with E-state index in [1.807, 2.05) is 59.1 Å². The van der Waals surface area contributed by atoms with Crippen molar-refractivity contribution in [3.8, 4) is 5.69 Å². The Morgan fingerprint density at radius 2 is 1.83 bits per heavy atom. The summed E-state index contributed by atoms with van der Waals surface area (Å²) in [6.45, 7) is 7.49.